The minimum Gasteiger partial charge on any atom is -0.384 e. The predicted octanol–water partition coefficient (Wildman–Crippen LogP) is 3.95. The standard InChI is InChI=1S/C14H15ClN2/c1-11(12-5-3-2-4-6-12)10-17-13-7-8-16-14(15)9-13/h2-9,11H,10H2,1H3,(H,16,17). The molecule has 0 aliphatic rings. The lowest BCUT2D eigenvalue weighted by Crippen LogP contribution is -2.09. The highest BCUT2D eigenvalue weighted by atomic mass is 35.5. The van der Waals surface area contributed by atoms with Crippen molar-refractivity contribution in [2.45, 2.75) is 12.8 Å². The van der Waals surface area contributed by atoms with Crippen LogP contribution in [0.15, 0.2) is 48.7 Å². The molecule has 0 saturated carbocycles. The van der Waals surface area contributed by atoms with E-state index in [0.717, 1.165) is 12.2 Å². The SMILES string of the molecule is CC(CNc1ccnc(Cl)c1)c1ccccc1. The van der Waals surface area contributed by atoms with Gasteiger partial charge in [0, 0.05) is 18.4 Å². The van der Waals surface area contributed by atoms with Gasteiger partial charge >= 0.3 is 0 Å². The second-order valence-corrected chi connectivity index (χ2v) is 4.45. The Hall–Kier alpha value is -1.54. The van der Waals surface area contributed by atoms with Crippen molar-refractivity contribution in [3.05, 3.63) is 59.4 Å². The molecule has 0 radical (unpaired) electrons. The Morgan fingerprint density at radius 3 is 2.71 bits per heavy atom. The number of rotatable bonds is 4. The van der Waals surface area contributed by atoms with Gasteiger partial charge in [0.2, 0.25) is 0 Å². The van der Waals surface area contributed by atoms with E-state index in [0.29, 0.717) is 11.1 Å². The molecule has 2 nitrogen and oxygen atoms in total. The van der Waals surface area contributed by atoms with Gasteiger partial charge in [-0.25, -0.2) is 4.98 Å². The second kappa shape index (κ2) is 5.69. The van der Waals surface area contributed by atoms with Crippen LogP contribution in [-0.4, -0.2) is 11.5 Å². The monoisotopic (exact) mass is 246 g/mol. The molecule has 3 heteroatoms. The van der Waals surface area contributed by atoms with Crippen LogP contribution in [0.5, 0.6) is 0 Å². The summed E-state index contributed by atoms with van der Waals surface area (Å²) >= 11 is 5.83. The maximum atomic E-state index is 5.83. The maximum Gasteiger partial charge on any atom is 0.131 e. The third-order valence-corrected chi connectivity index (χ3v) is 2.91. The molecule has 1 unspecified atom stereocenters. The minimum atomic E-state index is 0.461. The van der Waals surface area contributed by atoms with Crippen LogP contribution in [0.2, 0.25) is 5.15 Å². The molecule has 1 atom stereocenters. The van der Waals surface area contributed by atoms with E-state index in [2.05, 4.69) is 41.5 Å². The summed E-state index contributed by atoms with van der Waals surface area (Å²) < 4.78 is 0. The van der Waals surface area contributed by atoms with Crippen LogP contribution in [0.25, 0.3) is 0 Å². The first kappa shape index (κ1) is 11.9. The molecule has 0 bridgehead atoms. The van der Waals surface area contributed by atoms with Gasteiger partial charge in [0.15, 0.2) is 0 Å². The summed E-state index contributed by atoms with van der Waals surface area (Å²) in [6, 6.07) is 14.2. The van der Waals surface area contributed by atoms with Gasteiger partial charge in [-0.15, -0.1) is 0 Å². The number of hydrogen-bond acceptors (Lipinski definition) is 2. The van der Waals surface area contributed by atoms with Crippen LogP contribution in [0, 0.1) is 0 Å². The van der Waals surface area contributed by atoms with Gasteiger partial charge in [0.05, 0.1) is 0 Å². The zero-order chi connectivity index (χ0) is 12.1. The van der Waals surface area contributed by atoms with Crippen molar-refractivity contribution in [3.63, 3.8) is 0 Å². The highest BCUT2D eigenvalue weighted by molar-refractivity contribution is 6.29. The summed E-state index contributed by atoms with van der Waals surface area (Å²) in [5.74, 6) is 0.461. The van der Waals surface area contributed by atoms with E-state index in [1.807, 2.05) is 18.2 Å². The number of anilines is 1. The van der Waals surface area contributed by atoms with Gasteiger partial charge in [-0.2, -0.15) is 0 Å². The van der Waals surface area contributed by atoms with E-state index in [1.165, 1.54) is 5.56 Å². The summed E-state index contributed by atoms with van der Waals surface area (Å²) in [5.41, 5.74) is 2.34. The lowest BCUT2D eigenvalue weighted by Gasteiger charge is -2.13. The topological polar surface area (TPSA) is 24.9 Å². The summed E-state index contributed by atoms with van der Waals surface area (Å²) in [5, 5.41) is 3.88. The molecule has 0 aliphatic carbocycles. The largest absolute Gasteiger partial charge is 0.384 e. The van der Waals surface area contributed by atoms with Gasteiger partial charge in [-0.05, 0) is 23.6 Å². The van der Waals surface area contributed by atoms with E-state index in [9.17, 15) is 0 Å². The molecule has 0 amide bonds. The Balaban J connectivity index is 1.95. The average molecular weight is 247 g/mol. The summed E-state index contributed by atoms with van der Waals surface area (Å²) in [6.45, 7) is 3.08. The van der Waals surface area contributed by atoms with E-state index in [-0.39, 0.29) is 0 Å². The molecule has 17 heavy (non-hydrogen) atoms. The van der Waals surface area contributed by atoms with Crippen molar-refractivity contribution < 1.29 is 0 Å². The van der Waals surface area contributed by atoms with Crippen LogP contribution in [0.3, 0.4) is 0 Å². The van der Waals surface area contributed by atoms with Crippen LogP contribution in [0.4, 0.5) is 5.69 Å². The van der Waals surface area contributed by atoms with Crippen molar-refractivity contribution in [2.75, 3.05) is 11.9 Å². The molecule has 0 aliphatic heterocycles. The van der Waals surface area contributed by atoms with Crippen molar-refractivity contribution in [1.82, 2.24) is 4.98 Å². The zero-order valence-electron chi connectivity index (χ0n) is 9.73. The summed E-state index contributed by atoms with van der Waals surface area (Å²) in [4.78, 5) is 3.95. The Kier molecular flexibility index (Phi) is 3.99. The fourth-order valence-corrected chi connectivity index (χ4v) is 1.86. The zero-order valence-corrected chi connectivity index (χ0v) is 10.5. The molecule has 1 heterocycles. The van der Waals surface area contributed by atoms with E-state index >= 15 is 0 Å². The maximum absolute atomic E-state index is 5.83. The number of benzene rings is 1. The second-order valence-electron chi connectivity index (χ2n) is 4.06. The molecular weight excluding hydrogens is 232 g/mol. The van der Waals surface area contributed by atoms with Crippen LogP contribution < -0.4 is 5.32 Å². The Morgan fingerprint density at radius 1 is 1.24 bits per heavy atom. The Labute approximate surface area is 107 Å². The van der Waals surface area contributed by atoms with Gasteiger partial charge in [0.1, 0.15) is 5.15 Å². The molecule has 0 fully saturated rings. The smallest absolute Gasteiger partial charge is 0.131 e. The molecular formula is C14H15ClN2. The molecule has 2 rings (SSSR count). The number of aromatic nitrogens is 1. The summed E-state index contributed by atoms with van der Waals surface area (Å²) in [6.07, 6.45) is 1.71. The van der Waals surface area contributed by atoms with Crippen molar-refractivity contribution in [1.29, 1.82) is 0 Å². The lowest BCUT2D eigenvalue weighted by molar-refractivity contribution is 0.805. The van der Waals surface area contributed by atoms with Crippen molar-refractivity contribution in [3.8, 4) is 0 Å². The lowest BCUT2D eigenvalue weighted by atomic mass is 10.0. The third kappa shape index (κ3) is 3.46. The van der Waals surface area contributed by atoms with E-state index in [1.54, 1.807) is 6.20 Å². The van der Waals surface area contributed by atoms with Gasteiger partial charge in [0.25, 0.3) is 0 Å². The fourth-order valence-electron chi connectivity index (χ4n) is 1.68. The Bertz CT molecular complexity index is 471. The number of halogens is 1. The van der Waals surface area contributed by atoms with Crippen LogP contribution >= 0.6 is 11.6 Å². The van der Waals surface area contributed by atoms with E-state index in [4.69, 9.17) is 11.6 Å². The first-order chi connectivity index (χ1) is 8.25. The Morgan fingerprint density at radius 2 is 2.00 bits per heavy atom. The van der Waals surface area contributed by atoms with Crippen LogP contribution in [0.1, 0.15) is 18.4 Å². The third-order valence-electron chi connectivity index (χ3n) is 2.71. The molecule has 1 N–H and O–H groups in total. The first-order valence-electron chi connectivity index (χ1n) is 5.66. The van der Waals surface area contributed by atoms with Crippen molar-refractivity contribution >= 4 is 17.3 Å². The van der Waals surface area contributed by atoms with E-state index < -0.39 is 0 Å². The molecule has 2 aromatic rings. The number of nitrogens with one attached hydrogen (secondary N) is 1. The predicted molar refractivity (Wildman–Crippen MR) is 72.6 cm³/mol. The molecule has 0 saturated heterocycles. The quantitative estimate of drug-likeness (QED) is 0.827. The van der Waals surface area contributed by atoms with Crippen LogP contribution in [-0.2, 0) is 0 Å². The average Bonchev–Trinajstić information content (AvgIpc) is 2.37. The molecule has 1 aromatic carbocycles. The number of pyridine rings is 1. The molecule has 88 valence electrons. The molecule has 1 aromatic heterocycles. The van der Waals surface area contributed by atoms with Gasteiger partial charge in [-0.3, -0.25) is 0 Å². The highest BCUT2D eigenvalue weighted by Gasteiger charge is 2.04. The minimum absolute atomic E-state index is 0.461. The number of hydrogen-bond donors (Lipinski definition) is 1. The number of nitrogens with zero attached hydrogens (tertiary/aromatic N) is 1. The summed E-state index contributed by atoms with van der Waals surface area (Å²) in [7, 11) is 0. The van der Waals surface area contributed by atoms with Gasteiger partial charge < -0.3 is 5.32 Å². The molecule has 0 spiro atoms. The highest BCUT2D eigenvalue weighted by Crippen LogP contribution is 2.17. The fraction of sp³-hybridized carbons (Fsp3) is 0.214. The van der Waals surface area contributed by atoms with Gasteiger partial charge in [-0.1, -0.05) is 48.9 Å². The van der Waals surface area contributed by atoms with Crippen molar-refractivity contribution in [2.24, 2.45) is 0 Å². The normalized spacial score (nSPS) is 12.1. The first-order valence-corrected chi connectivity index (χ1v) is 6.04.